The number of hydrogen-bond donors (Lipinski definition) is 2. The summed E-state index contributed by atoms with van der Waals surface area (Å²) in [6.45, 7) is 7.27. The molecule has 0 amide bonds. The zero-order chi connectivity index (χ0) is 16.4. The first-order valence-electron chi connectivity index (χ1n) is 6.35. The van der Waals surface area contributed by atoms with Crippen LogP contribution in [0.2, 0.25) is 0 Å². The van der Waals surface area contributed by atoms with E-state index in [1.54, 1.807) is 13.0 Å². The molecule has 0 aliphatic carbocycles. The Balaban J connectivity index is 2.88. The van der Waals surface area contributed by atoms with Crippen LogP contribution in [0.15, 0.2) is 18.2 Å². The number of hydrogen-bond acceptors (Lipinski definition) is 4. The third-order valence-electron chi connectivity index (χ3n) is 2.63. The van der Waals surface area contributed by atoms with Crippen LogP contribution in [0.1, 0.15) is 39.3 Å². The summed E-state index contributed by atoms with van der Waals surface area (Å²) >= 11 is -1.28. The molecule has 0 fully saturated rings. The molecule has 2 N–H and O–H groups in total. The maximum atomic E-state index is 13.9. The van der Waals surface area contributed by atoms with Crippen LogP contribution in [0, 0.1) is 5.82 Å². The smallest absolute Gasteiger partial charge is 0.229 e. The van der Waals surface area contributed by atoms with Gasteiger partial charge in [-0.2, -0.15) is 0 Å². The summed E-state index contributed by atoms with van der Waals surface area (Å²) in [4.78, 5) is 0. The monoisotopic (exact) mass is 336 g/mol. The van der Waals surface area contributed by atoms with Gasteiger partial charge in [-0.25, -0.2) is 12.8 Å². The van der Waals surface area contributed by atoms with Crippen molar-refractivity contribution in [2.45, 2.75) is 38.5 Å². The number of halogens is 1. The van der Waals surface area contributed by atoms with Gasteiger partial charge in [-0.3, -0.25) is 4.72 Å². The topological polar surface area (TPSA) is 81.3 Å². The van der Waals surface area contributed by atoms with Crippen LogP contribution in [-0.4, -0.2) is 24.0 Å². The fraction of sp³-hybridized carbons (Fsp3) is 0.538. The van der Waals surface area contributed by atoms with E-state index in [4.69, 9.17) is 0 Å². The first-order valence-corrected chi connectivity index (χ1v) is 9.39. The minimum absolute atomic E-state index is 0.106. The summed E-state index contributed by atoms with van der Waals surface area (Å²) in [5.41, 5.74) is 0.481. The second kappa shape index (κ2) is 6.51. The predicted octanol–water partition coefficient (Wildman–Crippen LogP) is 2.31. The molecule has 0 aliphatic heterocycles. The summed E-state index contributed by atoms with van der Waals surface area (Å²) in [7, 11) is -3.53. The maximum Gasteiger partial charge on any atom is 0.229 e. The van der Waals surface area contributed by atoms with Gasteiger partial charge in [0.05, 0.1) is 18.0 Å². The van der Waals surface area contributed by atoms with Crippen LogP contribution in [-0.2, 0) is 21.4 Å². The molecular formula is C13H21FN2O3S2. The van der Waals surface area contributed by atoms with E-state index in [1.165, 1.54) is 12.1 Å². The van der Waals surface area contributed by atoms with Gasteiger partial charge in [0.1, 0.15) is 10.6 Å². The van der Waals surface area contributed by atoms with Crippen LogP contribution >= 0.6 is 0 Å². The van der Waals surface area contributed by atoms with Crippen molar-refractivity contribution >= 4 is 27.1 Å². The number of anilines is 1. The predicted molar refractivity (Wildman–Crippen MR) is 84.3 cm³/mol. The zero-order valence-electron chi connectivity index (χ0n) is 12.7. The van der Waals surface area contributed by atoms with Gasteiger partial charge in [0.25, 0.3) is 0 Å². The average molecular weight is 336 g/mol. The highest BCUT2D eigenvalue weighted by molar-refractivity contribution is 7.92. The van der Waals surface area contributed by atoms with E-state index in [9.17, 15) is 17.4 Å². The second-order valence-electron chi connectivity index (χ2n) is 5.83. The lowest BCUT2D eigenvalue weighted by Crippen LogP contribution is -2.40. The van der Waals surface area contributed by atoms with Gasteiger partial charge in [-0.15, -0.1) is 4.72 Å². The largest absolute Gasteiger partial charge is 0.598 e. The summed E-state index contributed by atoms with van der Waals surface area (Å²) < 4.78 is 52.6. The van der Waals surface area contributed by atoms with Gasteiger partial charge in [0, 0.05) is 11.4 Å². The lowest BCUT2D eigenvalue weighted by Gasteiger charge is -2.26. The van der Waals surface area contributed by atoms with E-state index in [0.717, 1.165) is 6.26 Å². The molecule has 0 heterocycles. The molecule has 0 bridgehead atoms. The van der Waals surface area contributed by atoms with Gasteiger partial charge in [0.2, 0.25) is 10.0 Å². The Labute approximate surface area is 128 Å². The van der Waals surface area contributed by atoms with Crippen molar-refractivity contribution in [1.29, 1.82) is 0 Å². The Morgan fingerprint density at radius 3 is 2.33 bits per heavy atom. The Bertz CT molecular complexity index is 600. The molecule has 2 atom stereocenters. The van der Waals surface area contributed by atoms with Gasteiger partial charge >= 0.3 is 0 Å². The third kappa shape index (κ3) is 5.82. The molecule has 1 rings (SSSR count). The van der Waals surface area contributed by atoms with Crippen LogP contribution in [0.4, 0.5) is 10.1 Å². The highest BCUT2D eigenvalue weighted by Gasteiger charge is 2.28. The quantitative estimate of drug-likeness (QED) is 0.809. The third-order valence-corrected chi connectivity index (χ3v) is 4.90. The minimum Gasteiger partial charge on any atom is -0.598 e. The average Bonchev–Trinajstić information content (AvgIpc) is 2.28. The van der Waals surface area contributed by atoms with Crippen molar-refractivity contribution in [3.05, 3.63) is 29.6 Å². The van der Waals surface area contributed by atoms with E-state index in [1.807, 2.05) is 20.8 Å². The van der Waals surface area contributed by atoms with Crippen molar-refractivity contribution in [2.24, 2.45) is 0 Å². The highest BCUT2D eigenvalue weighted by Crippen LogP contribution is 2.23. The molecule has 1 aromatic carbocycles. The van der Waals surface area contributed by atoms with Crippen LogP contribution in [0.5, 0.6) is 0 Å². The summed E-state index contributed by atoms with van der Waals surface area (Å²) in [6, 6.07) is 3.84. The molecule has 0 radical (unpaired) electrons. The first kappa shape index (κ1) is 18.2. The molecular weight excluding hydrogens is 315 g/mol. The van der Waals surface area contributed by atoms with E-state index >= 15 is 0 Å². The van der Waals surface area contributed by atoms with Gasteiger partial charge < -0.3 is 4.55 Å². The van der Waals surface area contributed by atoms with Gasteiger partial charge in [-0.1, -0.05) is 6.07 Å². The molecule has 0 saturated heterocycles. The van der Waals surface area contributed by atoms with Crippen molar-refractivity contribution in [2.75, 3.05) is 11.0 Å². The molecule has 0 aromatic heterocycles. The lowest BCUT2D eigenvalue weighted by molar-refractivity contribution is 0.530. The molecule has 5 nitrogen and oxygen atoms in total. The molecule has 1 aromatic rings. The molecule has 8 heteroatoms. The molecule has 1 unspecified atom stereocenters. The fourth-order valence-corrected chi connectivity index (χ4v) is 2.86. The Hall–Kier alpha value is -0.830. The van der Waals surface area contributed by atoms with Crippen LogP contribution in [0.25, 0.3) is 0 Å². The van der Waals surface area contributed by atoms with Gasteiger partial charge in [-0.05, 0) is 45.4 Å². The van der Waals surface area contributed by atoms with Crippen LogP contribution in [0.3, 0.4) is 0 Å². The minimum atomic E-state index is -3.53. The normalized spacial score (nSPS) is 15.6. The summed E-state index contributed by atoms with van der Waals surface area (Å²) in [6.07, 6.45) is 0.955. The first-order chi connectivity index (χ1) is 9.40. The van der Waals surface area contributed by atoms with Gasteiger partial charge in [0.15, 0.2) is 0 Å². The molecule has 120 valence electrons. The highest BCUT2D eigenvalue weighted by atomic mass is 32.2. The number of sulfonamides is 1. The standard InChI is InChI=1S/C13H21FN2O3S2/c1-9(15-20(17)13(2,3)4)10-6-7-12(11(14)8-10)16-21(5,18)19/h6-9,15-16H,1-5H3/t9-,20?/m0/s1. The molecule has 0 aliphatic rings. The second-order valence-corrected chi connectivity index (χ2v) is 9.58. The number of benzene rings is 1. The maximum absolute atomic E-state index is 13.9. The lowest BCUT2D eigenvalue weighted by atomic mass is 10.1. The summed E-state index contributed by atoms with van der Waals surface area (Å²) in [5, 5.41) is 0. The number of nitrogens with one attached hydrogen (secondary N) is 2. The van der Waals surface area contributed by atoms with Crippen molar-refractivity contribution in [3.8, 4) is 0 Å². The van der Waals surface area contributed by atoms with E-state index in [0.29, 0.717) is 5.56 Å². The summed E-state index contributed by atoms with van der Waals surface area (Å²) in [5.74, 6) is -0.673. The van der Waals surface area contributed by atoms with Crippen LogP contribution < -0.4 is 9.44 Å². The SMILES string of the molecule is C[C@H](N[S+]([O-])C(C)(C)C)c1ccc(NS(C)(=O)=O)c(F)c1. The fourth-order valence-electron chi connectivity index (χ4n) is 1.49. The van der Waals surface area contributed by atoms with E-state index in [-0.39, 0.29) is 11.7 Å². The Kier molecular flexibility index (Phi) is 5.65. The van der Waals surface area contributed by atoms with Crippen molar-refractivity contribution < 1.29 is 17.4 Å². The van der Waals surface area contributed by atoms with E-state index < -0.39 is 31.9 Å². The number of rotatable bonds is 5. The Morgan fingerprint density at radius 2 is 1.90 bits per heavy atom. The molecule has 21 heavy (non-hydrogen) atoms. The molecule has 0 spiro atoms. The Morgan fingerprint density at radius 1 is 1.33 bits per heavy atom. The van der Waals surface area contributed by atoms with E-state index in [2.05, 4.69) is 9.44 Å². The zero-order valence-corrected chi connectivity index (χ0v) is 14.4. The van der Waals surface area contributed by atoms with Crippen molar-refractivity contribution in [3.63, 3.8) is 0 Å². The van der Waals surface area contributed by atoms with Crippen molar-refractivity contribution in [1.82, 2.24) is 4.72 Å². The molecule has 0 saturated carbocycles.